The van der Waals surface area contributed by atoms with Crippen LogP contribution in [0, 0.1) is 5.92 Å². The van der Waals surface area contributed by atoms with Gasteiger partial charge >= 0.3 is 0 Å². The fraction of sp³-hybridized carbons (Fsp3) is 0.400. The fourth-order valence-corrected chi connectivity index (χ4v) is 6.87. The van der Waals surface area contributed by atoms with E-state index in [2.05, 4.69) is 50.2 Å². The Balaban J connectivity index is 1.45. The monoisotopic (exact) mass is 406 g/mol. The van der Waals surface area contributed by atoms with E-state index in [1.807, 2.05) is 47.0 Å². The van der Waals surface area contributed by atoms with Gasteiger partial charge in [-0.2, -0.15) is 0 Å². The number of thioether (sulfide) groups is 2. The minimum atomic E-state index is 0.482. The first kappa shape index (κ1) is 18.2. The van der Waals surface area contributed by atoms with E-state index in [-0.39, 0.29) is 0 Å². The number of fused-ring (bicyclic) bond motifs is 2. The number of epoxide rings is 1. The number of hydrogen-bond donors (Lipinski definition) is 0. The Labute approximate surface area is 167 Å². The van der Waals surface area contributed by atoms with Gasteiger partial charge in [0.25, 0.3) is 0 Å². The second-order valence-corrected chi connectivity index (χ2v) is 10.9. The molecule has 2 heterocycles. The molecule has 0 aliphatic carbocycles. The predicted octanol–water partition coefficient (Wildman–Crippen LogP) is 6.93. The smallest absolute Gasteiger partial charge is 0.0903 e. The lowest BCUT2D eigenvalue weighted by Gasteiger charge is -2.20. The molecule has 2 atom stereocenters. The van der Waals surface area contributed by atoms with Crippen LogP contribution in [0.3, 0.4) is 0 Å². The zero-order chi connectivity index (χ0) is 17.2. The Morgan fingerprint density at radius 1 is 1.00 bits per heavy atom. The molecule has 1 fully saturated rings. The maximum atomic E-state index is 5.31. The maximum Gasteiger partial charge on any atom is 0.0903 e. The number of ether oxygens (including phenoxy) is 1. The van der Waals surface area contributed by atoms with E-state index >= 15 is 0 Å². The molecule has 0 radical (unpaired) electrons. The summed E-state index contributed by atoms with van der Waals surface area (Å²) in [7, 11) is 0. The average molecular weight is 407 g/mol. The van der Waals surface area contributed by atoms with E-state index in [0.717, 1.165) is 18.3 Å². The molecule has 0 spiro atoms. The van der Waals surface area contributed by atoms with Gasteiger partial charge in [0, 0.05) is 40.9 Å². The minimum Gasteiger partial charge on any atom is -0.372 e. The van der Waals surface area contributed by atoms with Gasteiger partial charge in [0.15, 0.2) is 0 Å². The molecular formula is C20H22OS4. The lowest BCUT2D eigenvalue weighted by molar-refractivity contribution is 0.426. The van der Waals surface area contributed by atoms with Crippen LogP contribution in [0.15, 0.2) is 65.8 Å². The van der Waals surface area contributed by atoms with Crippen molar-refractivity contribution in [2.45, 2.75) is 55.7 Å². The Kier molecular flexibility index (Phi) is 5.98. The van der Waals surface area contributed by atoms with Crippen molar-refractivity contribution >= 4 is 47.0 Å². The summed E-state index contributed by atoms with van der Waals surface area (Å²) in [4.78, 5) is 8.31. The van der Waals surface area contributed by atoms with Crippen molar-refractivity contribution in [3.63, 3.8) is 0 Å². The molecule has 5 heteroatoms. The minimum absolute atomic E-state index is 0.482. The number of benzene rings is 2. The summed E-state index contributed by atoms with van der Waals surface area (Å²) < 4.78 is 5.31. The van der Waals surface area contributed by atoms with E-state index < -0.39 is 0 Å². The molecule has 0 aromatic heterocycles. The largest absolute Gasteiger partial charge is 0.372 e. The van der Waals surface area contributed by atoms with Crippen LogP contribution in [0.1, 0.15) is 20.3 Å². The van der Waals surface area contributed by atoms with Crippen LogP contribution in [0.5, 0.6) is 0 Å². The van der Waals surface area contributed by atoms with Gasteiger partial charge in [-0.15, -0.1) is 23.5 Å². The molecular weight excluding hydrogens is 384 g/mol. The molecule has 0 amide bonds. The van der Waals surface area contributed by atoms with Gasteiger partial charge in [-0.25, -0.2) is 0 Å². The number of rotatable bonds is 7. The topological polar surface area (TPSA) is 12.5 Å². The van der Waals surface area contributed by atoms with Crippen LogP contribution < -0.4 is 0 Å². The zero-order valence-corrected chi connectivity index (χ0v) is 17.8. The second-order valence-electron chi connectivity index (χ2n) is 6.51. The van der Waals surface area contributed by atoms with Crippen molar-refractivity contribution < 1.29 is 4.74 Å². The van der Waals surface area contributed by atoms with Crippen molar-refractivity contribution in [1.82, 2.24) is 0 Å². The normalized spacial score (nSPS) is 19.2. The summed E-state index contributed by atoms with van der Waals surface area (Å²) in [5.41, 5.74) is 0. The van der Waals surface area contributed by atoms with Gasteiger partial charge < -0.3 is 4.74 Å². The van der Waals surface area contributed by atoms with Gasteiger partial charge in [0.2, 0.25) is 0 Å². The van der Waals surface area contributed by atoms with E-state index in [4.69, 9.17) is 4.74 Å². The van der Waals surface area contributed by atoms with E-state index in [9.17, 15) is 0 Å². The van der Waals surface area contributed by atoms with Gasteiger partial charge in [-0.05, 0) is 42.3 Å². The SMILES string of the molecule is CCC(C)CSc1ccc2c(c1)Sc1ccc(SCC3CO3)cc1S2. The van der Waals surface area contributed by atoms with Crippen molar-refractivity contribution in [2.24, 2.45) is 5.92 Å². The van der Waals surface area contributed by atoms with Crippen molar-refractivity contribution in [1.29, 1.82) is 0 Å². The average Bonchev–Trinajstić information content (AvgIpc) is 3.46. The first-order chi connectivity index (χ1) is 12.2. The summed E-state index contributed by atoms with van der Waals surface area (Å²) in [5.74, 6) is 3.06. The van der Waals surface area contributed by atoms with Crippen LogP contribution in [0.25, 0.3) is 0 Å². The van der Waals surface area contributed by atoms with Crippen LogP contribution in [0.2, 0.25) is 0 Å². The molecule has 132 valence electrons. The molecule has 0 N–H and O–H groups in total. The van der Waals surface area contributed by atoms with Gasteiger partial charge in [0.05, 0.1) is 12.7 Å². The summed E-state index contributed by atoms with van der Waals surface area (Å²) >= 11 is 7.72. The first-order valence-corrected chi connectivity index (χ1v) is 12.3. The lowest BCUT2D eigenvalue weighted by atomic mass is 10.2. The van der Waals surface area contributed by atoms with Gasteiger partial charge in [0.1, 0.15) is 0 Å². The summed E-state index contributed by atoms with van der Waals surface area (Å²) in [5, 5.41) is 0. The van der Waals surface area contributed by atoms with Crippen molar-refractivity contribution in [3.8, 4) is 0 Å². The molecule has 0 bridgehead atoms. The Morgan fingerprint density at radius 2 is 1.60 bits per heavy atom. The molecule has 2 aliphatic rings. The van der Waals surface area contributed by atoms with Gasteiger partial charge in [-0.3, -0.25) is 0 Å². The molecule has 2 aromatic rings. The van der Waals surface area contributed by atoms with Crippen molar-refractivity contribution in [2.75, 3.05) is 18.1 Å². The Morgan fingerprint density at radius 3 is 2.16 bits per heavy atom. The summed E-state index contributed by atoms with van der Waals surface area (Å²) in [6.45, 7) is 5.54. The third-order valence-corrected chi connectivity index (χ3v) is 9.31. The molecule has 1 nitrogen and oxygen atoms in total. The van der Waals surface area contributed by atoms with E-state index in [0.29, 0.717) is 6.10 Å². The third-order valence-electron chi connectivity index (χ3n) is 4.34. The highest BCUT2D eigenvalue weighted by atomic mass is 32.2. The lowest BCUT2D eigenvalue weighted by Crippen LogP contribution is -1.96. The highest BCUT2D eigenvalue weighted by Crippen LogP contribution is 2.50. The molecule has 1 saturated heterocycles. The fourth-order valence-electron chi connectivity index (χ4n) is 2.43. The second kappa shape index (κ2) is 8.22. The Hall–Kier alpha value is -0.200. The maximum absolute atomic E-state index is 5.31. The molecule has 4 rings (SSSR count). The van der Waals surface area contributed by atoms with Crippen molar-refractivity contribution in [3.05, 3.63) is 36.4 Å². The number of hydrogen-bond acceptors (Lipinski definition) is 5. The molecule has 25 heavy (non-hydrogen) atoms. The summed E-state index contributed by atoms with van der Waals surface area (Å²) in [6.07, 6.45) is 1.73. The summed E-state index contributed by atoms with van der Waals surface area (Å²) in [6, 6.07) is 13.8. The van der Waals surface area contributed by atoms with Gasteiger partial charge in [-0.1, -0.05) is 43.8 Å². The van der Waals surface area contributed by atoms with Crippen LogP contribution >= 0.6 is 47.0 Å². The third kappa shape index (κ3) is 4.75. The van der Waals surface area contributed by atoms with Crippen LogP contribution in [-0.4, -0.2) is 24.2 Å². The molecule has 0 saturated carbocycles. The quantitative estimate of drug-likeness (QED) is 0.310. The molecule has 2 aromatic carbocycles. The zero-order valence-electron chi connectivity index (χ0n) is 14.5. The van der Waals surface area contributed by atoms with Crippen LogP contribution in [0.4, 0.5) is 0 Å². The standard InChI is InChI=1S/C20H22OS4/c1-3-13(2)11-22-15-4-6-17-19(8-15)24-18-7-5-16(9-20(18)25-17)23-12-14-10-21-14/h4-9,13-14H,3,10-12H2,1-2H3. The molecule has 2 aliphatic heterocycles. The highest BCUT2D eigenvalue weighted by Gasteiger charge is 2.23. The van der Waals surface area contributed by atoms with E-state index in [1.54, 1.807) is 0 Å². The van der Waals surface area contributed by atoms with Crippen LogP contribution in [-0.2, 0) is 4.74 Å². The Bertz CT molecular complexity index is 757. The predicted molar refractivity (Wildman–Crippen MR) is 112 cm³/mol. The molecule has 2 unspecified atom stereocenters. The van der Waals surface area contributed by atoms with E-state index in [1.165, 1.54) is 41.5 Å². The first-order valence-electron chi connectivity index (χ1n) is 8.72. The highest BCUT2D eigenvalue weighted by molar-refractivity contribution is 8.05.